The summed E-state index contributed by atoms with van der Waals surface area (Å²) in [6, 6.07) is 0. The van der Waals surface area contributed by atoms with Gasteiger partial charge in [0.25, 0.3) is 0 Å². The maximum atomic E-state index is 12.0. The number of cyclic esters (lactones) is 1. The number of allylic oxidation sites excluding steroid dienone is 3. The molecular formula is C34H56O8. The highest BCUT2D eigenvalue weighted by atomic mass is 16.6. The van der Waals surface area contributed by atoms with E-state index in [4.69, 9.17) is 9.47 Å². The molecular weight excluding hydrogens is 536 g/mol. The molecule has 13 atom stereocenters. The van der Waals surface area contributed by atoms with Gasteiger partial charge in [-0.25, -0.2) is 0 Å². The monoisotopic (exact) mass is 592 g/mol. The molecule has 8 nitrogen and oxygen atoms in total. The van der Waals surface area contributed by atoms with Crippen molar-refractivity contribution < 1.29 is 39.5 Å². The lowest BCUT2D eigenvalue weighted by Gasteiger charge is -2.36. The van der Waals surface area contributed by atoms with Gasteiger partial charge in [0.05, 0.1) is 30.3 Å². The number of hydrogen-bond donors (Lipinski definition) is 4. The second-order valence-corrected chi connectivity index (χ2v) is 12.6. The lowest BCUT2D eigenvalue weighted by atomic mass is 9.81. The zero-order chi connectivity index (χ0) is 32.3. The van der Waals surface area contributed by atoms with Crippen LogP contribution in [0.15, 0.2) is 48.6 Å². The summed E-state index contributed by atoms with van der Waals surface area (Å²) in [5.74, 6) is -2.67. The number of esters is 2. The Morgan fingerprint density at radius 1 is 0.976 bits per heavy atom. The highest BCUT2D eigenvalue weighted by Crippen LogP contribution is 2.30. The highest BCUT2D eigenvalue weighted by molar-refractivity contribution is 5.73. The molecule has 1 fully saturated rings. The van der Waals surface area contributed by atoms with Gasteiger partial charge in [0, 0.05) is 42.9 Å². The van der Waals surface area contributed by atoms with Crippen LogP contribution in [-0.2, 0) is 19.1 Å². The minimum Gasteiger partial charge on any atom is -0.462 e. The van der Waals surface area contributed by atoms with Crippen molar-refractivity contribution in [3.63, 3.8) is 0 Å². The van der Waals surface area contributed by atoms with Crippen LogP contribution in [0.5, 0.6) is 0 Å². The van der Waals surface area contributed by atoms with E-state index in [0.717, 1.165) is 5.57 Å². The summed E-state index contributed by atoms with van der Waals surface area (Å²) in [5, 5.41) is 42.9. The third-order valence-electron chi connectivity index (χ3n) is 8.67. The molecule has 0 amide bonds. The van der Waals surface area contributed by atoms with Crippen LogP contribution < -0.4 is 0 Å². The van der Waals surface area contributed by atoms with Crippen LogP contribution >= 0.6 is 0 Å². The van der Waals surface area contributed by atoms with Crippen molar-refractivity contribution in [1.82, 2.24) is 0 Å². The first-order valence-electron chi connectivity index (χ1n) is 15.3. The fraction of sp³-hybridized carbons (Fsp3) is 0.706. The van der Waals surface area contributed by atoms with Gasteiger partial charge >= 0.3 is 11.9 Å². The van der Waals surface area contributed by atoms with Gasteiger partial charge in [-0.05, 0) is 26.2 Å². The molecule has 1 aliphatic rings. The van der Waals surface area contributed by atoms with Crippen LogP contribution in [0, 0.1) is 41.4 Å². The van der Waals surface area contributed by atoms with E-state index in [1.54, 1.807) is 38.2 Å². The van der Waals surface area contributed by atoms with Crippen LogP contribution in [0.25, 0.3) is 0 Å². The Kier molecular flexibility index (Phi) is 16.0. The standard InChI is InChI=1S/C34H56O8/c1-11-12-13-21(4)33(41-27(10)35)25(8)31(38)23(6)17-19(2)16-22(5)30(37)20(3)14-15-28(36)18-29-24(7)32(39)26(9)34(40)42-29/h11-16,20-26,28-33,36-39H,1,17-18H2,2-10H3/b13-12-,15-14-,19-16-/t20-,21-,22-,23?,24?,25?,26+,28+,29-,30-,31+,32-,33-/m0/s1. The van der Waals surface area contributed by atoms with Crippen LogP contribution in [0.1, 0.15) is 75.2 Å². The summed E-state index contributed by atoms with van der Waals surface area (Å²) in [7, 11) is 0. The second-order valence-electron chi connectivity index (χ2n) is 12.6. The van der Waals surface area contributed by atoms with Gasteiger partial charge in [0.1, 0.15) is 12.2 Å². The van der Waals surface area contributed by atoms with Crippen molar-refractivity contribution in [3.8, 4) is 0 Å². The lowest BCUT2D eigenvalue weighted by Crippen LogP contribution is -2.47. The smallest absolute Gasteiger partial charge is 0.311 e. The first-order valence-corrected chi connectivity index (χ1v) is 15.3. The van der Waals surface area contributed by atoms with Gasteiger partial charge in [-0.15, -0.1) is 0 Å². The predicted octanol–water partition coefficient (Wildman–Crippen LogP) is 4.76. The third-order valence-corrected chi connectivity index (χ3v) is 8.67. The van der Waals surface area contributed by atoms with Crippen LogP contribution in [0.3, 0.4) is 0 Å². The molecule has 3 unspecified atom stereocenters. The van der Waals surface area contributed by atoms with E-state index in [9.17, 15) is 30.0 Å². The summed E-state index contributed by atoms with van der Waals surface area (Å²) >= 11 is 0. The number of carbonyl (C=O) groups excluding carboxylic acids is 2. The molecule has 1 rings (SSSR count). The first kappa shape index (κ1) is 37.8. The Balaban J connectivity index is 2.76. The number of aliphatic hydroxyl groups excluding tert-OH is 4. The molecule has 0 aromatic carbocycles. The minimum absolute atomic E-state index is 0.0972. The normalized spacial score (nSPS) is 28.3. The minimum atomic E-state index is -0.886. The molecule has 1 aliphatic heterocycles. The summed E-state index contributed by atoms with van der Waals surface area (Å²) in [6.07, 6.45) is 7.35. The molecule has 0 aromatic heterocycles. The van der Waals surface area contributed by atoms with Gasteiger partial charge in [0.2, 0.25) is 0 Å². The van der Waals surface area contributed by atoms with E-state index < -0.39 is 48.5 Å². The van der Waals surface area contributed by atoms with Gasteiger partial charge < -0.3 is 29.9 Å². The highest BCUT2D eigenvalue weighted by Gasteiger charge is 2.41. The zero-order valence-corrected chi connectivity index (χ0v) is 27.0. The maximum Gasteiger partial charge on any atom is 0.311 e. The quantitative estimate of drug-likeness (QED) is 0.115. The van der Waals surface area contributed by atoms with Gasteiger partial charge in [-0.2, -0.15) is 0 Å². The van der Waals surface area contributed by atoms with Crippen molar-refractivity contribution in [1.29, 1.82) is 0 Å². The fourth-order valence-corrected chi connectivity index (χ4v) is 5.86. The first-order chi connectivity index (χ1) is 19.5. The van der Waals surface area contributed by atoms with E-state index >= 15 is 0 Å². The van der Waals surface area contributed by atoms with E-state index in [1.165, 1.54) is 6.92 Å². The molecule has 4 N–H and O–H groups in total. The number of aliphatic hydroxyl groups is 4. The molecule has 0 saturated carbocycles. The summed E-state index contributed by atoms with van der Waals surface area (Å²) < 4.78 is 11.0. The van der Waals surface area contributed by atoms with E-state index in [2.05, 4.69) is 6.58 Å². The van der Waals surface area contributed by atoms with Crippen molar-refractivity contribution in [2.45, 2.75) is 112 Å². The maximum absolute atomic E-state index is 12.0. The molecule has 240 valence electrons. The predicted molar refractivity (Wildman–Crippen MR) is 165 cm³/mol. The van der Waals surface area contributed by atoms with Gasteiger partial charge in [-0.3, -0.25) is 9.59 Å². The summed E-state index contributed by atoms with van der Waals surface area (Å²) in [6.45, 7) is 20.1. The molecule has 42 heavy (non-hydrogen) atoms. The van der Waals surface area contributed by atoms with Crippen molar-refractivity contribution in [3.05, 3.63) is 48.6 Å². The molecule has 0 bridgehead atoms. The van der Waals surface area contributed by atoms with Gasteiger partial charge in [-0.1, -0.05) is 90.2 Å². The molecule has 0 aliphatic carbocycles. The Morgan fingerprint density at radius 2 is 1.60 bits per heavy atom. The largest absolute Gasteiger partial charge is 0.462 e. The Labute approximate surface area is 253 Å². The zero-order valence-electron chi connectivity index (χ0n) is 27.0. The average Bonchev–Trinajstić information content (AvgIpc) is 2.93. The van der Waals surface area contributed by atoms with Crippen LogP contribution in [0.2, 0.25) is 0 Å². The molecule has 1 saturated heterocycles. The summed E-state index contributed by atoms with van der Waals surface area (Å²) in [5.41, 5.74) is 1.03. The van der Waals surface area contributed by atoms with E-state index in [-0.39, 0.29) is 47.9 Å². The number of rotatable bonds is 16. The van der Waals surface area contributed by atoms with Gasteiger partial charge in [0.15, 0.2) is 0 Å². The van der Waals surface area contributed by atoms with Crippen molar-refractivity contribution in [2.24, 2.45) is 41.4 Å². The fourth-order valence-electron chi connectivity index (χ4n) is 5.86. The molecule has 0 aromatic rings. The van der Waals surface area contributed by atoms with E-state index in [1.807, 2.05) is 53.7 Å². The Bertz CT molecular complexity index is 955. The average molecular weight is 593 g/mol. The van der Waals surface area contributed by atoms with Crippen LogP contribution in [0.4, 0.5) is 0 Å². The lowest BCUT2D eigenvalue weighted by molar-refractivity contribution is -0.179. The Hall–Kier alpha value is -2.26. The van der Waals surface area contributed by atoms with Crippen molar-refractivity contribution in [2.75, 3.05) is 0 Å². The van der Waals surface area contributed by atoms with Crippen LogP contribution in [-0.4, -0.2) is 69.0 Å². The molecule has 0 radical (unpaired) electrons. The SMILES string of the molecule is C=C/C=C\[C@H](C)[C@H](OC(C)=O)C(C)[C@H](O)C(C)C/C(C)=C\[C@H](C)[C@@H](O)[C@@H](C)/C=C\[C@@H](O)C[C@@H]1OC(=O)[C@H](C)[C@@H](O)C1C. The molecule has 8 heteroatoms. The molecule has 0 spiro atoms. The summed E-state index contributed by atoms with van der Waals surface area (Å²) in [4.78, 5) is 23.7. The van der Waals surface area contributed by atoms with Crippen molar-refractivity contribution >= 4 is 11.9 Å². The molecule has 1 heterocycles. The topological polar surface area (TPSA) is 134 Å². The van der Waals surface area contributed by atoms with E-state index in [0.29, 0.717) is 6.42 Å². The number of hydrogen-bond acceptors (Lipinski definition) is 8. The Morgan fingerprint density at radius 3 is 2.17 bits per heavy atom. The third kappa shape index (κ3) is 11.4. The second kappa shape index (κ2) is 17.8. The number of ether oxygens (including phenoxy) is 2. The number of carbonyl (C=O) groups is 2.